The monoisotopic (exact) mass is 295 g/mol. The SMILES string of the molecule is Cc1nc(-c2ccncc2)nc(NC(C)c2ncn[nH]2)c1C. The smallest absolute Gasteiger partial charge is 0.161 e. The minimum absolute atomic E-state index is 0.0270. The van der Waals surface area contributed by atoms with Crippen LogP contribution in [0.3, 0.4) is 0 Å². The Morgan fingerprint density at radius 3 is 2.59 bits per heavy atom. The molecule has 3 rings (SSSR count). The Kier molecular flexibility index (Phi) is 3.78. The highest BCUT2D eigenvalue weighted by Gasteiger charge is 2.14. The van der Waals surface area contributed by atoms with Crippen LogP contribution < -0.4 is 5.32 Å². The van der Waals surface area contributed by atoms with Crippen molar-refractivity contribution in [3.05, 3.63) is 47.9 Å². The first kappa shape index (κ1) is 14.1. The van der Waals surface area contributed by atoms with Crippen molar-refractivity contribution in [3.8, 4) is 11.4 Å². The molecule has 0 bridgehead atoms. The van der Waals surface area contributed by atoms with Gasteiger partial charge in [-0.2, -0.15) is 5.10 Å². The van der Waals surface area contributed by atoms with Crippen molar-refractivity contribution < 1.29 is 0 Å². The van der Waals surface area contributed by atoms with Gasteiger partial charge in [0, 0.05) is 29.2 Å². The van der Waals surface area contributed by atoms with Gasteiger partial charge in [0.15, 0.2) is 5.82 Å². The van der Waals surface area contributed by atoms with Gasteiger partial charge in [0.2, 0.25) is 0 Å². The molecule has 1 atom stereocenters. The zero-order chi connectivity index (χ0) is 15.5. The molecule has 0 amide bonds. The third kappa shape index (κ3) is 2.78. The summed E-state index contributed by atoms with van der Waals surface area (Å²) in [6.07, 6.45) is 4.96. The first-order valence-corrected chi connectivity index (χ1v) is 7.02. The molecule has 0 aliphatic rings. The number of anilines is 1. The number of pyridine rings is 1. The van der Waals surface area contributed by atoms with E-state index in [0.29, 0.717) is 5.82 Å². The highest BCUT2D eigenvalue weighted by Crippen LogP contribution is 2.23. The molecule has 3 aromatic heterocycles. The zero-order valence-corrected chi connectivity index (χ0v) is 12.7. The number of H-pyrrole nitrogens is 1. The number of nitrogens with zero attached hydrogens (tertiary/aromatic N) is 5. The average molecular weight is 295 g/mol. The van der Waals surface area contributed by atoms with E-state index in [1.807, 2.05) is 32.9 Å². The topological polar surface area (TPSA) is 92.3 Å². The van der Waals surface area contributed by atoms with Crippen molar-refractivity contribution in [2.75, 3.05) is 5.32 Å². The van der Waals surface area contributed by atoms with E-state index in [2.05, 4.69) is 35.5 Å². The average Bonchev–Trinajstić information content (AvgIpc) is 3.07. The molecule has 0 aromatic carbocycles. The van der Waals surface area contributed by atoms with Gasteiger partial charge >= 0.3 is 0 Å². The summed E-state index contributed by atoms with van der Waals surface area (Å²) < 4.78 is 0. The Bertz CT molecular complexity index is 753. The van der Waals surface area contributed by atoms with Crippen LogP contribution in [0.5, 0.6) is 0 Å². The Morgan fingerprint density at radius 2 is 1.91 bits per heavy atom. The maximum absolute atomic E-state index is 4.64. The van der Waals surface area contributed by atoms with Crippen LogP contribution in [0.2, 0.25) is 0 Å². The molecule has 0 fully saturated rings. The molecule has 0 saturated heterocycles. The van der Waals surface area contributed by atoms with E-state index < -0.39 is 0 Å². The molecule has 3 aromatic rings. The molecule has 0 saturated carbocycles. The molecule has 0 aliphatic heterocycles. The number of hydrogen-bond acceptors (Lipinski definition) is 6. The molecule has 112 valence electrons. The molecule has 22 heavy (non-hydrogen) atoms. The second-order valence-corrected chi connectivity index (χ2v) is 5.08. The molecule has 3 heterocycles. The van der Waals surface area contributed by atoms with E-state index in [0.717, 1.165) is 28.5 Å². The van der Waals surface area contributed by atoms with Crippen molar-refractivity contribution in [2.45, 2.75) is 26.8 Å². The summed E-state index contributed by atoms with van der Waals surface area (Å²) in [6, 6.07) is 3.77. The van der Waals surface area contributed by atoms with Crippen LogP contribution >= 0.6 is 0 Å². The van der Waals surface area contributed by atoms with E-state index in [1.165, 1.54) is 6.33 Å². The van der Waals surface area contributed by atoms with Gasteiger partial charge in [-0.25, -0.2) is 15.0 Å². The minimum atomic E-state index is -0.0270. The summed E-state index contributed by atoms with van der Waals surface area (Å²) >= 11 is 0. The summed E-state index contributed by atoms with van der Waals surface area (Å²) in [5.41, 5.74) is 2.90. The predicted molar refractivity (Wildman–Crippen MR) is 83.2 cm³/mol. The fourth-order valence-electron chi connectivity index (χ4n) is 2.10. The van der Waals surface area contributed by atoms with Crippen molar-refractivity contribution in [2.24, 2.45) is 0 Å². The number of aromatic amines is 1. The van der Waals surface area contributed by atoms with Crippen LogP contribution in [0.15, 0.2) is 30.9 Å². The maximum atomic E-state index is 4.64. The van der Waals surface area contributed by atoms with E-state index in [-0.39, 0.29) is 6.04 Å². The first-order valence-electron chi connectivity index (χ1n) is 7.02. The molecule has 0 radical (unpaired) electrons. The lowest BCUT2D eigenvalue weighted by atomic mass is 10.2. The van der Waals surface area contributed by atoms with Crippen LogP contribution in [-0.2, 0) is 0 Å². The highest BCUT2D eigenvalue weighted by atomic mass is 15.2. The van der Waals surface area contributed by atoms with Crippen molar-refractivity contribution in [1.82, 2.24) is 30.1 Å². The van der Waals surface area contributed by atoms with Crippen molar-refractivity contribution >= 4 is 5.82 Å². The van der Waals surface area contributed by atoms with Crippen LogP contribution in [0.4, 0.5) is 5.82 Å². The zero-order valence-electron chi connectivity index (χ0n) is 12.7. The quantitative estimate of drug-likeness (QED) is 0.768. The Balaban J connectivity index is 1.95. The van der Waals surface area contributed by atoms with Crippen molar-refractivity contribution in [3.63, 3.8) is 0 Å². The molecule has 7 nitrogen and oxygen atoms in total. The van der Waals surface area contributed by atoms with Gasteiger partial charge in [-0.15, -0.1) is 0 Å². The van der Waals surface area contributed by atoms with Crippen molar-refractivity contribution in [1.29, 1.82) is 0 Å². The second-order valence-electron chi connectivity index (χ2n) is 5.08. The third-order valence-corrected chi connectivity index (χ3v) is 3.52. The Labute approximate surface area is 128 Å². The molecule has 0 aliphatic carbocycles. The number of rotatable bonds is 4. The fraction of sp³-hybridized carbons (Fsp3) is 0.267. The van der Waals surface area contributed by atoms with Gasteiger partial charge in [-0.05, 0) is 32.9 Å². The summed E-state index contributed by atoms with van der Waals surface area (Å²) in [6.45, 7) is 5.98. The normalized spacial score (nSPS) is 12.1. The number of aromatic nitrogens is 6. The number of nitrogens with one attached hydrogen (secondary N) is 2. The van der Waals surface area contributed by atoms with Crippen LogP contribution in [0.1, 0.15) is 30.0 Å². The van der Waals surface area contributed by atoms with Gasteiger partial charge in [-0.3, -0.25) is 10.1 Å². The Morgan fingerprint density at radius 1 is 1.14 bits per heavy atom. The summed E-state index contributed by atoms with van der Waals surface area (Å²) in [7, 11) is 0. The molecule has 7 heteroatoms. The highest BCUT2D eigenvalue weighted by molar-refractivity contribution is 5.59. The molecular weight excluding hydrogens is 278 g/mol. The molecule has 2 N–H and O–H groups in total. The summed E-state index contributed by atoms with van der Waals surface area (Å²) in [5, 5.41) is 10.1. The minimum Gasteiger partial charge on any atom is -0.360 e. The largest absolute Gasteiger partial charge is 0.360 e. The van der Waals surface area contributed by atoms with Crippen LogP contribution in [0, 0.1) is 13.8 Å². The maximum Gasteiger partial charge on any atom is 0.161 e. The summed E-state index contributed by atoms with van der Waals surface area (Å²) in [5.74, 6) is 2.24. The van der Waals surface area contributed by atoms with Gasteiger partial charge in [-0.1, -0.05) is 0 Å². The van der Waals surface area contributed by atoms with E-state index in [9.17, 15) is 0 Å². The molecule has 1 unspecified atom stereocenters. The van der Waals surface area contributed by atoms with Gasteiger partial charge in [0.25, 0.3) is 0 Å². The predicted octanol–water partition coefficient (Wildman–Crippen LogP) is 2.45. The van der Waals surface area contributed by atoms with E-state index in [1.54, 1.807) is 12.4 Å². The lowest BCUT2D eigenvalue weighted by Gasteiger charge is -2.16. The molecule has 0 spiro atoms. The van der Waals surface area contributed by atoms with E-state index >= 15 is 0 Å². The lowest BCUT2D eigenvalue weighted by molar-refractivity contribution is 0.787. The van der Waals surface area contributed by atoms with Crippen LogP contribution in [0.25, 0.3) is 11.4 Å². The number of aryl methyl sites for hydroxylation is 1. The van der Waals surface area contributed by atoms with Gasteiger partial charge in [0.1, 0.15) is 18.0 Å². The van der Waals surface area contributed by atoms with Crippen LogP contribution in [-0.4, -0.2) is 30.1 Å². The van der Waals surface area contributed by atoms with Gasteiger partial charge < -0.3 is 5.32 Å². The first-order chi connectivity index (χ1) is 10.6. The molecular formula is C15H17N7. The van der Waals surface area contributed by atoms with Gasteiger partial charge in [0.05, 0.1) is 6.04 Å². The van der Waals surface area contributed by atoms with E-state index in [4.69, 9.17) is 0 Å². The number of hydrogen-bond donors (Lipinski definition) is 2. The standard InChI is InChI=1S/C15H17N7/c1-9-10(2)19-15(12-4-6-16-7-5-12)21-13(9)20-11(3)14-17-8-18-22-14/h4-8,11H,1-3H3,(H,17,18,22)(H,19,20,21). The second kappa shape index (κ2) is 5.88. The summed E-state index contributed by atoms with van der Waals surface area (Å²) in [4.78, 5) is 17.4. The Hall–Kier alpha value is -2.83. The fourth-order valence-corrected chi connectivity index (χ4v) is 2.10. The lowest BCUT2D eigenvalue weighted by Crippen LogP contribution is -2.12. The third-order valence-electron chi connectivity index (χ3n) is 3.52.